The molecule has 1 fully saturated rings. The number of hydrogen-bond acceptors (Lipinski definition) is 8. The van der Waals surface area contributed by atoms with Crippen molar-refractivity contribution >= 4 is 37.0 Å². The molecule has 0 unspecified atom stereocenters. The number of phosphoric acid groups is 1. The standard InChI is InChI=1S/C26H34ClN2O9P/c1-17-9-5-3-6-10-18(2)37-26(32)24-20(25(27)21(30)15-22(24)38-39(33,34)35)14-19(13-17)28-36-16-23(31)29-11-7-4-8-12-29/h3,6,13,15,18,30H,4-5,7-12,14,16H2,1-2H3,(H2,33,34,35)/t18-/m1/s1. The minimum atomic E-state index is -5.13. The van der Waals surface area contributed by atoms with Gasteiger partial charge in [-0.15, -0.1) is 0 Å². The molecule has 214 valence electrons. The Morgan fingerprint density at radius 2 is 1.97 bits per heavy atom. The third-order valence-corrected chi connectivity index (χ3v) is 7.08. The van der Waals surface area contributed by atoms with E-state index in [-0.39, 0.29) is 40.8 Å². The molecule has 1 amide bonds. The normalized spacial score (nSPS) is 20.5. The summed E-state index contributed by atoms with van der Waals surface area (Å²) >= 11 is 6.40. The van der Waals surface area contributed by atoms with Crippen molar-refractivity contribution in [3.8, 4) is 11.5 Å². The second-order valence-corrected chi connectivity index (χ2v) is 11.1. The number of allylic oxidation sites excluding steroid dienone is 3. The van der Waals surface area contributed by atoms with Crippen molar-refractivity contribution in [2.24, 2.45) is 5.16 Å². The zero-order valence-corrected chi connectivity index (χ0v) is 23.6. The summed E-state index contributed by atoms with van der Waals surface area (Å²) in [5, 5.41) is 14.3. The molecule has 0 spiro atoms. The third kappa shape index (κ3) is 9.39. The zero-order chi connectivity index (χ0) is 28.6. The predicted octanol–water partition coefficient (Wildman–Crippen LogP) is 4.68. The number of likely N-dealkylation sites (tertiary alicyclic amines) is 1. The number of ether oxygens (including phenoxy) is 1. The number of rotatable bonds is 5. The van der Waals surface area contributed by atoms with Gasteiger partial charge in [-0.1, -0.05) is 34.5 Å². The number of fused-ring (bicyclic) bond motifs is 1. The number of carbonyl (C=O) groups excluding carboxylic acids is 2. The van der Waals surface area contributed by atoms with Crippen molar-refractivity contribution in [3.63, 3.8) is 0 Å². The van der Waals surface area contributed by atoms with Gasteiger partial charge in [0.2, 0.25) is 0 Å². The molecule has 1 saturated heterocycles. The van der Waals surface area contributed by atoms with Crippen LogP contribution in [-0.2, 0) is 25.4 Å². The molecule has 3 N–H and O–H groups in total. The van der Waals surface area contributed by atoms with E-state index in [0.717, 1.165) is 37.3 Å². The number of amides is 1. The fourth-order valence-electron chi connectivity index (χ4n) is 4.32. The van der Waals surface area contributed by atoms with Crippen LogP contribution in [0.25, 0.3) is 0 Å². The number of piperidine rings is 1. The number of aromatic hydroxyl groups is 1. The van der Waals surface area contributed by atoms with Crippen LogP contribution >= 0.6 is 19.4 Å². The van der Waals surface area contributed by atoms with E-state index in [1.165, 1.54) is 0 Å². The van der Waals surface area contributed by atoms with Gasteiger partial charge in [0.15, 0.2) is 6.61 Å². The highest BCUT2D eigenvalue weighted by Gasteiger charge is 2.30. The van der Waals surface area contributed by atoms with Gasteiger partial charge in [-0.2, -0.15) is 0 Å². The molecule has 13 heteroatoms. The van der Waals surface area contributed by atoms with E-state index in [4.69, 9.17) is 25.7 Å². The predicted molar refractivity (Wildman–Crippen MR) is 145 cm³/mol. The van der Waals surface area contributed by atoms with Gasteiger partial charge in [0, 0.05) is 32.0 Å². The minimum Gasteiger partial charge on any atom is -0.506 e. The van der Waals surface area contributed by atoms with Gasteiger partial charge in [-0.25, -0.2) is 9.36 Å². The van der Waals surface area contributed by atoms with Gasteiger partial charge < -0.3 is 24.1 Å². The monoisotopic (exact) mass is 584 g/mol. The summed E-state index contributed by atoms with van der Waals surface area (Å²) < 4.78 is 21.9. The summed E-state index contributed by atoms with van der Waals surface area (Å²) in [7, 11) is -5.13. The van der Waals surface area contributed by atoms with E-state index in [9.17, 15) is 29.0 Å². The molecule has 0 saturated carbocycles. The van der Waals surface area contributed by atoms with E-state index in [0.29, 0.717) is 25.9 Å². The maximum Gasteiger partial charge on any atom is 0.524 e. The number of hydrogen-bond donors (Lipinski definition) is 3. The maximum atomic E-state index is 13.2. The summed E-state index contributed by atoms with van der Waals surface area (Å²) in [6.45, 7) is 4.60. The van der Waals surface area contributed by atoms with Crippen molar-refractivity contribution in [2.45, 2.75) is 64.9 Å². The van der Waals surface area contributed by atoms with Crippen LogP contribution in [0.1, 0.15) is 68.3 Å². The van der Waals surface area contributed by atoms with Gasteiger partial charge in [0.05, 0.1) is 10.7 Å². The fraction of sp³-hybridized carbons (Fsp3) is 0.500. The van der Waals surface area contributed by atoms with Crippen LogP contribution in [0.15, 0.2) is 35.0 Å². The van der Waals surface area contributed by atoms with Crippen molar-refractivity contribution < 1.29 is 43.1 Å². The first-order valence-electron chi connectivity index (χ1n) is 12.7. The van der Waals surface area contributed by atoms with Crippen LogP contribution in [0.3, 0.4) is 0 Å². The highest BCUT2D eigenvalue weighted by molar-refractivity contribution is 7.46. The quantitative estimate of drug-likeness (QED) is 0.194. The molecule has 11 nitrogen and oxygen atoms in total. The number of phosphoric ester groups is 1. The average molecular weight is 585 g/mol. The van der Waals surface area contributed by atoms with Gasteiger partial charge >= 0.3 is 13.8 Å². The molecule has 0 radical (unpaired) electrons. The smallest absolute Gasteiger partial charge is 0.506 e. The van der Waals surface area contributed by atoms with Crippen molar-refractivity contribution in [2.75, 3.05) is 19.7 Å². The lowest BCUT2D eigenvalue weighted by atomic mass is 9.98. The number of benzene rings is 1. The van der Waals surface area contributed by atoms with Gasteiger partial charge in [0.1, 0.15) is 23.2 Å². The lowest BCUT2D eigenvalue weighted by Gasteiger charge is -2.26. The lowest BCUT2D eigenvalue weighted by Crippen LogP contribution is -2.37. The maximum absolute atomic E-state index is 13.2. The van der Waals surface area contributed by atoms with Gasteiger partial charge in [0.25, 0.3) is 5.91 Å². The number of phenolic OH excluding ortho intramolecular Hbond substituents is 1. The zero-order valence-electron chi connectivity index (χ0n) is 22.0. The summed E-state index contributed by atoms with van der Waals surface area (Å²) in [6.07, 6.45) is 9.54. The van der Waals surface area contributed by atoms with Crippen molar-refractivity contribution in [1.82, 2.24) is 4.90 Å². The number of halogens is 1. The van der Waals surface area contributed by atoms with Crippen LogP contribution in [0.5, 0.6) is 11.5 Å². The van der Waals surface area contributed by atoms with E-state index in [1.54, 1.807) is 17.9 Å². The Bertz CT molecular complexity index is 1200. The number of nitrogens with zero attached hydrogens (tertiary/aromatic N) is 2. The Labute approximate surface area is 232 Å². The van der Waals surface area contributed by atoms with Crippen LogP contribution in [-0.4, -0.2) is 63.2 Å². The molecule has 0 aliphatic carbocycles. The molecule has 1 aromatic carbocycles. The highest BCUT2D eigenvalue weighted by Crippen LogP contribution is 2.45. The second-order valence-electron chi connectivity index (χ2n) is 9.57. The first-order valence-corrected chi connectivity index (χ1v) is 14.6. The minimum absolute atomic E-state index is 0.0290. The molecule has 2 aliphatic heterocycles. The molecule has 1 aromatic rings. The fourth-order valence-corrected chi connectivity index (χ4v) is 4.94. The molecule has 0 bridgehead atoms. The molecular weight excluding hydrogens is 551 g/mol. The van der Waals surface area contributed by atoms with Crippen LogP contribution in [0.2, 0.25) is 5.02 Å². The number of oxime groups is 1. The molecule has 39 heavy (non-hydrogen) atoms. The van der Waals surface area contributed by atoms with E-state index < -0.39 is 31.4 Å². The summed E-state index contributed by atoms with van der Waals surface area (Å²) in [5.74, 6) is -2.31. The van der Waals surface area contributed by atoms with Crippen LogP contribution in [0, 0.1) is 0 Å². The lowest BCUT2D eigenvalue weighted by molar-refractivity contribution is -0.137. The summed E-state index contributed by atoms with van der Waals surface area (Å²) in [5.41, 5.74) is 0.786. The Balaban J connectivity index is 2.04. The average Bonchev–Trinajstić information content (AvgIpc) is 2.85. The first-order chi connectivity index (χ1) is 18.4. The Hall–Kier alpha value is -2.85. The Morgan fingerprint density at radius 1 is 1.26 bits per heavy atom. The molecule has 3 rings (SSSR count). The summed E-state index contributed by atoms with van der Waals surface area (Å²) in [4.78, 5) is 51.8. The molecule has 0 aromatic heterocycles. The molecule has 2 aliphatic rings. The Morgan fingerprint density at radius 3 is 2.67 bits per heavy atom. The van der Waals surface area contributed by atoms with E-state index in [2.05, 4.69) is 5.16 Å². The van der Waals surface area contributed by atoms with Crippen molar-refractivity contribution in [1.29, 1.82) is 0 Å². The number of esters is 1. The Kier molecular flexibility index (Phi) is 11.0. The molecular formula is C26H34ClN2O9P. The van der Waals surface area contributed by atoms with E-state index in [1.807, 2.05) is 19.1 Å². The van der Waals surface area contributed by atoms with Crippen LogP contribution in [0.4, 0.5) is 0 Å². The van der Waals surface area contributed by atoms with Gasteiger partial charge in [-0.05, 0) is 57.6 Å². The first kappa shape index (κ1) is 30.7. The van der Waals surface area contributed by atoms with E-state index >= 15 is 0 Å². The van der Waals surface area contributed by atoms with Crippen LogP contribution < -0.4 is 4.52 Å². The molecule has 1 atom stereocenters. The number of phenols is 1. The molecule has 2 heterocycles. The third-order valence-electron chi connectivity index (χ3n) is 6.22. The number of cyclic esters (lactones) is 1. The second kappa shape index (κ2) is 14.0. The largest absolute Gasteiger partial charge is 0.524 e. The summed E-state index contributed by atoms with van der Waals surface area (Å²) in [6, 6.07) is 0.848. The van der Waals surface area contributed by atoms with Crippen molar-refractivity contribution in [3.05, 3.63) is 46.0 Å². The highest BCUT2D eigenvalue weighted by atomic mass is 35.5. The SMILES string of the molecule is CC1=CC(=NOCC(=O)N2CCCCC2)Cc2c(Cl)c(O)cc(OP(=O)(O)O)c2C(=O)O[C@H](C)CC=CCC1. The van der Waals surface area contributed by atoms with Gasteiger partial charge in [-0.3, -0.25) is 14.6 Å². The topological polar surface area (TPSA) is 155 Å². The number of carbonyl (C=O) groups is 2.